The van der Waals surface area contributed by atoms with Crippen molar-refractivity contribution in [3.63, 3.8) is 0 Å². The Labute approximate surface area is 834 Å². The van der Waals surface area contributed by atoms with Crippen molar-refractivity contribution in [1.82, 2.24) is 111 Å². The quantitative estimate of drug-likeness (QED) is 0.0907. The average molecular weight is 2740 g/mol. The minimum Gasteiger partial charge on any atom is -0.574 e. The van der Waals surface area contributed by atoms with Crippen LogP contribution in [-0.2, 0) is 107 Å². The minimum absolute atomic E-state index is 0. The second-order valence-electron chi connectivity index (χ2n) is 25.3. The second-order valence-corrected chi connectivity index (χ2v) is 26.2. The summed E-state index contributed by atoms with van der Waals surface area (Å²) in [4.78, 5) is 56.4. The molecule has 0 N–H and O–H groups in total. The first-order chi connectivity index (χ1) is 63.1. The summed E-state index contributed by atoms with van der Waals surface area (Å²) in [5, 5.41) is 32.0. The number of hydrogen-bond donors (Lipinski definition) is 0. The molecule has 0 aliphatic carbocycles. The fraction of sp³-hybridized carbons (Fsp3) is 0.0319. The van der Waals surface area contributed by atoms with Gasteiger partial charge in [-0.15, -0.1) is 72.0 Å². The Morgan fingerprint density at radius 3 is 0.852 bits per heavy atom. The number of halogens is 13. The maximum absolute atomic E-state index is 13.2. The number of benzene rings is 5. The van der Waals surface area contributed by atoms with Crippen LogP contribution in [0.2, 0.25) is 0 Å². The number of alkyl halides is 3. The van der Waals surface area contributed by atoms with Crippen LogP contribution in [0.1, 0.15) is 17.1 Å². The maximum Gasteiger partial charge on any atom is 0.431 e. The fourth-order valence-corrected chi connectivity index (χ4v) is 10.8. The molecule has 20 rings (SSSR count). The van der Waals surface area contributed by atoms with E-state index in [2.05, 4.69) is 141 Å². The zero-order valence-electron chi connectivity index (χ0n) is 68.9. The Morgan fingerprint density at radius 2 is 0.600 bits per heavy atom. The maximum atomic E-state index is 13.2. The number of hydrogen-bond acceptors (Lipinski definition) is 18. The molecule has 22 nitrogen and oxygen atoms in total. The van der Waals surface area contributed by atoms with Crippen molar-refractivity contribution >= 4 is 11.3 Å². The number of rotatable bonds is 10. The van der Waals surface area contributed by atoms with Crippen molar-refractivity contribution in [2.24, 2.45) is 0 Å². The van der Waals surface area contributed by atoms with Gasteiger partial charge in [-0.3, -0.25) is 73.8 Å². The summed E-state index contributed by atoms with van der Waals surface area (Å²) in [6, 6.07) is 64.6. The molecule has 0 unspecified atom stereocenters. The van der Waals surface area contributed by atoms with Gasteiger partial charge in [0.05, 0.1) is 23.8 Å². The molecule has 5 aromatic carbocycles. The second kappa shape index (κ2) is 57.7. The van der Waals surface area contributed by atoms with E-state index in [9.17, 15) is 57.1 Å². The van der Waals surface area contributed by atoms with Gasteiger partial charge >= 0.3 is 6.18 Å². The first-order valence-corrected chi connectivity index (χ1v) is 38.5. The summed E-state index contributed by atoms with van der Waals surface area (Å²) in [5.41, 5.74) is 9.36. The van der Waals surface area contributed by atoms with Crippen molar-refractivity contribution in [2.45, 2.75) is 20.0 Å². The van der Waals surface area contributed by atoms with Crippen LogP contribution in [0.5, 0.6) is 0 Å². The number of thiazole rings is 1. The predicted octanol–water partition coefficient (Wildman–Crippen LogP) is 20.1. The van der Waals surface area contributed by atoms with Crippen molar-refractivity contribution in [1.29, 1.82) is 0 Å². The first kappa shape index (κ1) is 110. The molecule has 0 saturated carbocycles. The molecule has 0 bridgehead atoms. The molecule has 15 aromatic heterocycles. The van der Waals surface area contributed by atoms with Gasteiger partial charge < -0.3 is 75.7 Å². The van der Waals surface area contributed by atoms with E-state index >= 15 is 0 Å². The van der Waals surface area contributed by atoms with E-state index in [0.717, 1.165) is 117 Å². The van der Waals surface area contributed by atoms with Gasteiger partial charge in [0, 0.05) is 268 Å². The molecule has 41 heteroatoms. The molecule has 0 fully saturated rings. The predicted molar refractivity (Wildman–Crippen MR) is 454 cm³/mol. The first-order valence-electron chi connectivity index (χ1n) is 37.6. The molecule has 15 heterocycles. The molecule has 0 spiro atoms. The number of aryl methyl sites for hydroxylation is 2. The van der Waals surface area contributed by atoms with E-state index in [1.807, 2.05) is 49.6 Å². The van der Waals surface area contributed by atoms with Crippen LogP contribution >= 0.6 is 11.3 Å². The number of pyridine rings is 7. The van der Waals surface area contributed by atoms with Gasteiger partial charge in [0.2, 0.25) is 0 Å². The monoisotopic (exact) mass is 2740 g/mol. The van der Waals surface area contributed by atoms with Crippen LogP contribution in [0.25, 0.3) is 113 Å². The Kier molecular flexibility index (Phi) is 47.0. The van der Waals surface area contributed by atoms with E-state index in [1.54, 1.807) is 226 Å². The zero-order chi connectivity index (χ0) is 91.8. The van der Waals surface area contributed by atoms with Crippen molar-refractivity contribution in [2.75, 3.05) is 0 Å². The van der Waals surface area contributed by atoms with E-state index in [1.165, 1.54) is 6.20 Å². The van der Waals surface area contributed by atoms with Crippen molar-refractivity contribution < 1.29 is 158 Å². The third kappa shape index (κ3) is 35.3. The van der Waals surface area contributed by atoms with Crippen LogP contribution in [0, 0.1) is 102 Å². The molecular formula is C94H59F13Ir5N22S-10. The molecule has 0 saturated heterocycles. The van der Waals surface area contributed by atoms with Crippen LogP contribution in [0.4, 0.5) is 57.1 Å². The van der Waals surface area contributed by atoms with Gasteiger partial charge in [-0.1, -0.05) is 183 Å². The largest absolute Gasteiger partial charge is 0.574 e. The van der Waals surface area contributed by atoms with E-state index in [0.29, 0.717) is 40.0 Å². The van der Waals surface area contributed by atoms with Gasteiger partial charge in [0.25, 0.3) is 0 Å². The summed E-state index contributed by atoms with van der Waals surface area (Å²) in [6.07, 6.45) is 23.0. The SMILES string of the molecule is Cc1nc(-c2cnccn2)[n-]c1C.FC(F)(F)c1cc(-c2ccccn2)[n-]n1.Fc1c[c-]c(-c2ccccn2)c(F)c1.Fc1c[c-]c(-c2ccccn2)c(F)c1.Fc1c[c-]c(-c2ccccn2)c(F)c1.Fc1c[c-]c(-c2ccccn2)c(F)c1.Fc1c[c-]c(-c2ccccn2)c(F)c1.[Ir].[Ir].[Ir].[Ir].[Ir].c1cc(-c2nccs2)[n-]n1.c1ccc(-c2ccn[n-]2)nc1.c1cnc(-c2ccn[n-]2)cn1. The molecule has 0 aliphatic heterocycles. The van der Waals surface area contributed by atoms with E-state index in [4.69, 9.17) is 0 Å². The van der Waals surface area contributed by atoms with Crippen LogP contribution in [-0.4, -0.2) is 85.2 Å². The van der Waals surface area contributed by atoms with Gasteiger partial charge in [-0.25, -0.2) is 4.98 Å². The Balaban J connectivity index is 0.000000230. The Morgan fingerprint density at radius 1 is 0.296 bits per heavy atom. The topological polar surface area (TPSA) is 290 Å². The fourth-order valence-electron chi connectivity index (χ4n) is 10.2. The van der Waals surface area contributed by atoms with E-state index < -0.39 is 70.0 Å². The Hall–Kier alpha value is -13.7. The molecular weight excluding hydrogens is 2680 g/mol. The Bertz CT molecular complexity index is 6070. The molecule has 697 valence electrons. The number of nitrogens with zero attached hydrogens (tertiary/aromatic N) is 22. The summed E-state index contributed by atoms with van der Waals surface area (Å²) >= 11 is 1.57. The van der Waals surface area contributed by atoms with Gasteiger partial charge in [-0.2, -0.15) is 13.2 Å². The van der Waals surface area contributed by atoms with Gasteiger partial charge in [0.15, 0.2) is 0 Å². The average Bonchev–Trinajstić information content (AvgIpc) is 1.83. The summed E-state index contributed by atoms with van der Waals surface area (Å²) < 4.78 is 166. The molecule has 0 aliphatic rings. The summed E-state index contributed by atoms with van der Waals surface area (Å²) in [7, 11) is 0. The third-order valence-electron chi connectivity index (χ3n) is 16.3. The minimum atomic E-state index is -4.46. The van der Waals surface area contributed by atoms with E-state index in [-0.39, 0.29) is 134 Å². The van der Waals surface area contributed by atoms with Crippen molar-refractivity contribution in [3.8, 4) is 113 Å². The number of aromatic nitrogens is 22. The smallest absolute Gasteiger partial charge is 0.431 e. The molecule has 0 amide bonds. The molecule has 20 aromatic rings. The van der Waals surface area contributed by atoms with Crippen molar-refractivity contribution in [3.05, 3.63) is 429 Å². The van der Waals surface area contributed by atoms with Crippen LogP contribution in [0.15, 0.2) is 323 Å². The van der Waals surface area contributed by atoms with Gasteiger partial charge in [-0.05, 0) is 109 Å². The number of imidazole rings is 1. The summed E-state index contributed by atoms with van der Waals surface area (Å²) in [6.45, 7) is 3.87. The third-order valence-corrected chi connectivity index (χ3v) is 17.1. The normalized spacial score (nSPS) is 9.89. The van der Waals surface area contributed by atoms with Gasteiger partial charge in [0.1, 0.15) is 10.7 Å². The molecule has 135 heavy (non-hydrogen) atoms. The summed E-state index contributed by atoms with van der Waals surface area (Å²) in [5.74, 6) is -5.78. The zero-order valence-corrected chi connectivity index (χ0v) is 81.7. The molecule has 5 radical (unpaired) electrons. The van der Waals surface area contributed by atoms with Crippen LogP contribution in [0.3, 0.4) is 0 Å². The van der Waals surface area contributed by atoms with Crippen LogP contribution < -0.4 is 25.4 Å². The molecule has 0 atom stereocenters. The standard InChI is InChI=1S/5C11H6F2N.C9H5F3N3.C9H9N4.C8H6N3.C7H5N4.C6H4N3S.5Ir/c5*12-8-4-5-9(10(13)7-8)11-3-1-2-6-14-11;10-9(11,12)8-5-7(14-15-8)6-3-1-2-4-13-6;1-6-7(2)13-9(12-6)8-5-10-3-4-11-8;1-2-5-9-7(3-1)8-4-6-10-11-8;1-2-10-11-6(1)7-5-8-3-4-9-7;1-2-8-9-5(1)6-7-3-4-10-6;;;;;/h5*1-4,6-7H;1-5H;3-5H,1-2H3;1-6H;1-5H;1-4H;;;;;/q10*-1;;;;;.